The molecule has 26 heavy (non-hydrogen) atoms. The lowest BCUT2D eigenvalue weighted by atomic mass is 10.1. The van der Waals surface area contributed by atoms with Crippen LogP contribution in [0.2, 0.25) is 0 Å². The van der Waals surface area contributed by atoms with Gasteiger partial charge in [-0.2, -0.15) is 0 Å². The number of nitrogens with one attached hydrogen (secondary N) is 1. The Balaban J connectivity index is 1.61. The van der Waals surface area contributed by atoms with Crippen LogP contribution in [0.25, 0.3) is 11.3 Å². The highest BCUT2D eigenvalue weighted by Crippen LogP contribution is 2.20. The summed E-state index contributed by atoms with van der Waals surface area (Å²) in [6, 6.07) is 8.75. The van der Waals surface area contributed by atoms with E-state index in [1.807, 2.05) is 38.2 Å². The molecular formula is C19H24N4O3. The maximum absolute atomic E-state index is 12.5. The molecule has 138 valence electrons. The van der Waals surface area contributed by atoms with Gasteiger partial charge in [0.25, 0.3) is 5.91 Å². The summed E-state index contributed by atoms with van der Waals surface area (Å²) in [5.41, 5.74) is 2.16. The number of hydrogen-bond acceptors (Lipinski definition) is 5. The second kappa shape index (κ2) is 7.70. The molecule has 2 amide bonds. The van der Waals surface area contributed by atoms with Crippen molar-refractivity contribution in [1.29, 1.82) is 0 Å². The van der Waals surface area contributed by atoms with Gasteiger partial charge in [-0.1, -0.05) is 35.0 Å². The Labute approximate surface area is 152 Å². The van der Waals surface area contributed by atoms with E-state index in [9.17, 15) is 9.59 Å². The lowest BCUT2D eigenvalue weighted by molar-refractivity contribution is -0.134. The summed E-state index contributed by atoms with van der Waals surface area (Å²) in [7, 11) is 2.03. The van der Waals surface area contributed by atoms with Gasteiger partial charge in [-0.05, 0) is 20.9 Å². The molecule has 0 aliphatic carbocycles. The predicted molar refractivity (Wildman–Crippen MR) is 97.7 cm³/mol. The van der Waals surface area contributed by atoms with Crippen LogP contribution in [0.15, 0.2) is 34.9 Å². The molecule has 3 rings (SSSR count). The molecule has 1 aromatic heterocycles. The lowest BCUT2D eigenvalue weighted by Crippen LogP contribution is -2.53. The van der Waals surface area contributed by atoms with Crippen LogP contribution in [-0.2, 0) is 4.79 Å². The quantitative estimate of drug-likeness (QED) is 0.899. The number of piperazine rings is 1. The highest BCUT2D eigenvalue weighted by molar-refractivity contribution is 5.96. The van der Waals surface area contributed by atoms with E-state index in [2.05, 4.69) is 15.4 Å². The first-order valence-electron chi connectivity index (χ1n) is 8.76. The number of rotatable bonds is 4. The number of aryl methyl sites for hydroxylation is 1. The normalized spacial score (nSPS) is 16.3. The minimum atomic E-state index is -0.606. The maximum Gasteiger partial charge on any atom is 0.274 e. The second-order valence-corrected chi connectivity index (χ2v) is 6.77. The van der Waals surface area contributed by atoms with E-state index in [4.69, 9.17) is 4.52 Å². The number of aromatic nitrogens is 1. The van der Waals surface area contributed by atoms with Crippen LogP contribution in [-0.4, -0.2) is 66.0 Å². The van der Waals surface area contributed by atoms with Crippen molar-refractivity contribution in [2.45, 2.75) is 19.9 Å². The highest BCUT2D eigenvalue weighted by Gasteiger charge is 2.26. The number of nitrogens with zero attached hydrogens (tertiary/aromatic N) is 3. The maximum atomic E-state index is 12.5. The van der Waals surface area contributed by atoms with E-state index < -0.39 is 11.9 Å². The molecule has 1 aliphatic heterocycles. The van der Waals surface area contributed by atoms with Crippen molar-refractivity contribution < 1.29 is 14.1 Å². The Morgan fingerprint density at radius 2 is 1.81 bits per heavy atom. The van der Waals surface area contributed by atoms with E-state index in [0.717, 1.165) is 24.2 Å². The van der Waals surface area contributed by atoms with Crippen LogP contribution in [0.1, 0.15) is 23.0 Å². The fraction of sp³-hybridized carbons (Fsp3) is 0.421. The van der Waals surface area contributed by atoms with Crippen molar-refractivity contribution in [3.63, 3.8) is 0 Å². The van der Waals surface area contributed by atoms with Crippen molar-refractivity contribution in [3.8, 4) is 11.3 Å². The van der Waals surface area contributed by atoms with E-state index in [-0.39, 0.29) is 11.6 Å². The first-order valence-corrected chi connectivity index (χ1v) is 8.76. The molecule has 2 aromatic rings. The summed E-state index contributed by atoms with van der Waals surface area (Å²) >= 11 is 0. The Morgan fingerprint density at radius 3 is 2.46 bits per heavy atom. The van der Waals surface area contributed by atoms with Gasteiger partial charge in [0.1, 0.15) is 6.04 Å². The first-order chi connectivity index (χ1) is 12.4. The number of likely N-dealkylation sites (N-methyl/N-ethyl adjacent to an activating group) is 1. The molecule has 1 saturated heterocycles. The van der Waals surface area contributed by atoms with Gasteiger partial charge in [-0.3, -0.25) is 9.59 Å². The van der Waals surface area contributed by atoms with Gasteiger partial charge in [0, 0.05) is 37.8 Å². The molecule has 1 atom stereocenters. The molecule has 0 unspecified atom stereocenters. The molecule has 0 radical (unpaired) electrons. The lowest BCUT2D eigenvalue weighted by Gasteiger charge is -2.34. The Hall–Kier alpha value is -2.67. The summed E-state index contributed by atoms with van der Waals surface area (Å²) in [5, 5.41) is 6.54. The topological polar surface area (TPSA) is 78.7 Å². The van der Waals surface area contributed by atoms with Crippen molar-refractivity contribution in [3.05, 3.63) is 41.6 Å². The van der Waals surface area contributed by atoms with Crippen molar-refractivity contribution in [2.75, 3.05) is 33.2 Å². The molecule has 7 nitrogen and oxygen atoms in total. The molecule has 0 spiro atoms. The largest absolute Gasteiger partial charge is 0.355 e. The van der Waals surface area contributed by atoms with Gasteiger partial charge >= 0.3 is 0 Å². The van der Waals surface area contributed by atoms with Gasteiger partial charge in [0.15, 0.2) is 11.5 Å². The summed E-state index contributed by atoms with van der Waals surface area (Å²) < 4.78 is 5.27. The minimum absolute atomic E-state index is 0.0753. The first kappa shape index (κ1) is 18.1. The number of hydrogen-bond donors (Lipinski definition) is 1. The van der Waals surface area contributed by atoms with Gasteiger partial charge < -0.3 is 19.6 Å². The Bertz CT molecular complexity index is 776. The van der Waals surface area contributed by atoms with Crippen LogP contribution >= 0.6 is 0 Å². The van der Waals surface area contributed by atoms with Crippen LogP contribution < -0.4 is 5.32 Å². The third-order valence-corrected chi connectivity index (χ3v) is 4.61. The van der Waals surface area contributed by atoms with E-state index >= 15 is 0 Å². The number of carbonyl (C=O) groups excluding carboxylic acids is 2. The third-order valence-electron chi connectivity index (χ3n) is 4.61. The number of amides is 2. The zero-order valence-corrected chi connectivity index (χ0v) is 15.4. The molecule has 1 fully saturated rings. The number of carbonyl (C=O) groups is 2. The molecule has 1 aliphatic rings. The van der Waals surface area contributed by atoms with E-state index in [1.54, 1.807) is 17.9 Å². The van der Waals surface area contributed by atoms with Gasteiger partial charge in [0.2, 0.25) is 5.91 Å². The van der Waals surface area contributed by atoms with Crippen LogP contribution in [0.4, 0.5) is 0 Å². The smallest absolute Gasteiger partial charge is 0.274 e. The minimum Gasteiger partial charge on any atom is -0.355 e. The van der Waals surface area contributed by atoms with Crippen molar-refractivity contribution in [1.82, 2.24) is 20.3 Å². The van der Waals surface area contributed by atoms with Crippen LogP contribution in [0, 0.1) is 6.92 Å². The molecule has 7 heteroatoms. The molecular weight excluding hydrogens is 332 g/mol. The van der Waals surface area contributed by atoms with Crippen LogP contribution in [0.3, 0.4) is 0 Å². The predicted octanol–water partition coefficient (Wildman–Crippen LogP) is 1.54. The summed E-state index contributed by atoms with van der Waals surface area (Å²) in [6.07, 6.45) is 0. The molecule has 1 N–H and O–H groups in total. The average molecular weight is 356 g/mol. The fourth-order valence-corrected chi connectivity index (χ4v) is 2.87. The molecule has 0 saturated carbocycles. The van der Waals surface area contributed by atoms with Gasteiger partial charge in [-0.15, -0.1) is 0 Å². The Kier molecular flexibility index (Phi) is 5.37. The summed E-state index contributed by atoms with van der Waals surface area (Å²) in [6.45, 7) is 6.74. The standard InChI is InChI=1S/C19H24N4O3/c1-13-4-6-15(7-5-13)17-12-16(21-26-17)18(24)20-14(2)19(25)23-10-8-22(3)9-11-23/h4-7,12,14H,8-11H2,1-3H3,(H,20,24)/t14-/m1/s1. The highest BCUT2D eigenvalue weighted by atomic mass is 16.5. The zero-order chi connectivity index (χ0) is 18.7. The van der Waals surface area contributed by atoms with E-state index in [0.29, 0.717) is 18.8 Å². The second-order valence-electron chi connectivity index (χ2n) is 6.77. The average Bonchev–Trinajstić information content (AvgIpc) is 3.12. The Morgan fingerprint density at radius 1 is 1.15 bits per heavy atom. The fourth-order valence-electron chi connectivity index (χ4n) is 2.87. The SMILES string of the molecule is Cc1ccc(-c2cc(C(=O)N[C@H](C)C(=O)N3CCN(C)CC3)no2)cc1. The monoisotopic (exact) mass is 356 g/mol. The summed E-state index contributed by atoms with van der Waals surface area (Å²) in [5.74, 6) is 0.0315. The van der Waals surface area contributed by atoms with Crippen molar-refractivity contribution >= 4 is 11.8 Å². The number of benzene rings is 1. The zero-order valence-electron chi connectivity index (χ0n) is 15.4. The van der Waals surface area contributed by atoms with Gasteiger partial charge in [-0.25, -0.2) is 0 Å². The van der Waals surface area contributed by atoms with Gasteiger partial charge in [0.05, 0.1) is 0 Å². The van der Waals surface area contributed by atoms with Crippen molar-refractivity contribution in [2.24, 2.45) is 0 Å². The van der Waals surface area contributed by atoms with Crippen LogP contribution in [0.5, 0.6) is 0 Å². The third kappa shape index (κ3) is 4.11. The van der Waals surface area contributed by atoms with E-state index in [1.165, 1.54) is 0 Å². The molecule has 1 aromatic carbocycles. The molecule has 2 heterocycles. The molecule has 0 bridgehead atoms. The summed E-state index contributed by atoms with van der Waals surface area (Å²) in [4.78, 5) is 28.8.